The Balaban J connectivity index is 1.72. The Hall–Kier alpha value is -2.38. The van der Waals surface area contributed by atoms with Crippen LogP contribution in [0.2, 0.25) is 0 Å². The smallest absolute Gasteiger partial charge is 0.341 e. The van der Waals surface area contributed by atoms with Crippen LogP contribution >= 0.6 is 23.1 Å². The van der Waals surface area contributed by atoms with Crippen LogP contribution in [0.5, 0.6) is 0 Å². The van der Waals surface area contributed by atoms with Gasteiger partial charge in [-0.3, -0.25) is 4.79 Å². The minimum Gasteiger partial charge on any atom is -0.465 e. The predicted octanol–water partition coefficient (Wildman–Crippen LogP) is 4.16. The molecule has 0 aliphatic heterocycles. The number of amides is 1. The number of aromatic amines is 1. The van der Waals surface area contributed by atoms with Crippen LogP contribution < -0.4 is 10.3 Å². The first-order chi connectivity index (χ1) is 12.9. The molecule has 0 aliphatic rings. The van der Waals surface area contributed by atoms with Gasteiger partial charge >= 0.3 is 5.97 Å². The van der Waals surface area contributed by atoms with Crippen LogP contribution in [0.15, 0.2) is 35.4 Å². The van der Waals surface area contributed by atoms with Gasteiger partial charge in [0.25, 0.3) is 0 Å². The zero-order valence-corrected chi connectivity index (χ0v) is 17.3. The fourth-order valence-electron chi connectivity index (χ4n) is 2.83. The maximum atomic E-state index is 12.4. The van der Waals surface area contributed by atoms with Crippen molar-refractivity contribution in [1.29, 1.82) is 0 Å². The fraction of sp³-hybridized carbons (Fsp3) is 0.250. The van der Waals surface area contributed by atoms with Gasteiger partial charge in [-0.05, 0) is 49.7 Å². The first-order valence-electron chi connectivity index (χ1n) is 8.43. The number of thiophene rings is 1. The molecule has 7 heteroatoms. The first-order valence-corrected chi connectivity index (χ1v) is 10.2. The molecule has 0 aliphatic carbocycles. The van der Waals surface area contributed by atoms with E-state index in [4.69, 9.17) is 4.74 Å². The van der Waals surface area contributed by atoms with E-state index in [0.717, 1.165) is 26.5 Å². The minimum absolute atomic E-state index is 0.161. The van der Waals surface area contributed by atoms with E-state index < -0.39 is 5.97 Å². The molecule has 27 heavy (non-hydrogen) atoms. The van der Waals surface area contributed by atoms with Crippen LogP contribution in [0.4, 0.5) is 5.00 Å². The molecule has 0 unspecified atom stereocenters. The molecular formula is C20H21N2O3S2+. The third-order valence-corrected chi connectivity index (χ3v) is 6.40. The van der Waals surface area contributed by atoms with Crippen molar-refractivity contribution in [2.45, 2.75) is 25.8 Å². The standard InChI is InChI=1S/C20H20N2O3S2/c1-11-9-17(21-15-8-6-5-7-14(11)15)26-10-16(23)22-19-18(20(24)25-4)12(2)13(3)27-19/h5-9H,10H2,1-4H3,(H,22,23)/p+1. The van der Waals surface area contributed by atoms with E-state index in [9.17, 15) is 9.59 Å². The quantitative estimate of drug-likeness (QED) is 0.515. The lowest BCUT2D eigenvalue weighted by atomic mass is 10.1. The van der Waals surface area contributed by atoms with Crippen molar-refractivity contribution in [3.05, 3.63) is 51.9 Å². The summed E-state index contributed by atoms with van der Waals surface area (Å²) in [4.78, 5) is 28.8. The number of hydrogen-bond donors (Lipinski definition) is 1. The molecule has 1 amide bonds. The second-order valence-electron chi connectivity index (χ2n) is 6.18. The number of para-hydroxylation sites is 1. The molecule has 0 radical (unpaired) electrons. The van der Waals surface area contributed by atoms with Crippen molar-refractivity contribution in [3.63, 3.8) is 0 Å². The summed E-state index contributed by atoms with van der Waals surface area (Å²) in [5, 5.41) is 5.49. The molecule has 3 aromatic rings. The second kappa shape index (κ2) is 8.10. The number of rotatable bonds is 5. The number of H-pyrrole nitrogens is 1. The van der Waals surface area contributed by atoms with Gasteiger partial charge < -0.3 is 10.1 Å². The van der Waals surface area contributed by atoms with Crippen molar-refractivity contribution < 1.29 is 19.3 Å². The van der Waals surface area contributed by atoms with E-state index in [1.54, 1.807) is 0 Å². The number of anilines is 1. The SMILES string of the molecule is COC(=O)c1c(NC(=O)CSc2cc(C)c3ccccc3[nH+]2)sc(C)c1C. The summed E-state index contributed by atoms with van der Waals surface area (Å²) in [6, 6.07) is 10.1. The molecule has 0 atom stereocenters. The van der Waals surface area contributed by atoms with Gasteiger partial charge in [-0.25, -0.2) is 4.79 Å². The van der Waals surface area contributed by atoms with Crippen LogP contribution in [0.3, 0.4) is 0 Å². The van der Waals surface area contributed by atoms with Crippen LogP contribution in [0.1, 0.15) is 26.4 Å². The van der Waals surface area contributed by atoms with Gasteiger partial charge in [0.15, 0.2) is 0 Å². The number of ether oxygens (including phenoxy) is 1. The number of aryl methyl sites for hydroxylation is 2. The molecule has 0 saturated carbocycles. The summed E-state index contributed by atoms with van der Waals surface area (Å²) in [7, 11) is 1.34. The van der Waals surface area contributed by atoms with E-state index in [1.165, 1.54) is 35.6 Å². The largest absolute Gasteiger partial charge is 0.465 e. The zero-order chi connectivity index (χ0) is 19.6. The van der Waals surface area contributed by atoms with Crippen LogP contribution in [-0.2, 0) is 9.53 Å². The normalized spacial score (nSPS) is 10.8. The number of carbonyl (C=O) groups is 2. The van der Waals surface area contributed by atoms with Crippen molar-refractivity contribution in [1.82, 2.24) is 0 Å². The lowest BCUT2D eigenvalue weighted by molar-refractivity contribution is -0.395. The minimum atomic E-state index is -0.432. The van der Waals surface area contributed by atoms with Gasteiger partial charge in [0, 0.05) is 22.4 Å². The number of nitrogens with one attached hydrogen (secondary N) is 2. The van der Waals surface area contributed by atoms with E-state index in [1.807, 2.05) is 38.1 Å². The highest BCUT2D eigenvalue weighted by Crippen LogP contribution is 2.33. The number of aromatic nitrogens is 1. The average molecular weight is 402 g/mol. The summed E-state index contributed by atoms with van der Waals surface area (Å²) in [5.41, 5.74) is 3.47. The number of thioether (sulfide) groups is 1. The summed E-state index contributed by atoms with van der Waals surface area (Å²) in [6.45, 7) is 5.83. The molecule has 0 bridgehead atoms. The topological polar surface area (TPSA) is 69.5 Å². The molecule has 1 aromatic carbocycles. The molecule has 140 valence electrons. The molecule has 3 rings (SSSR count). The van der Waals surface area contributed by atoms with Crippen molar-refractivity contribution in [2.75, 3.05) is 18.2 Å². The van der Waals surface area contributed by atoms with Crippen molar-refractivity contribution in [3.8, 4) is 0 Å². The Kier molecular flexibility index (Phi) is 5.82. The maximum Gasteiger partial charge on any atom is 0.341 e. The first kappa shape index (κ1) is 19.4. The molecule has 2 N–H and O–H groups in total. The number of pyridine rings is 1. The van der Waals surface area contributed by atoms with E-state index in [-0.39, 0.29) is 11.7 Å². The lowest BCUT2D eigenvalue weighted by Gasteiger charge is -2.05. The van der Waals surface area contributed by atoms with Gasteiger partial charge in [0.1, 0.15) is 5.00 Å². The van der Waals surface area contributed by atoms with Gasteiger partial charge in [-0.15, -0.1) is 11.3 Å². The highest BCUT2D eigenvalue weighted by atomic mass is 32.2. The van der Waals surface area contributed by atoms with Crippen molar-refractivity contribution >= 4 is 50.9 Å². The number of hydrogen-bond acceptors (Lipinski definition) is 5. The van der Waals surface area contributed by atoms with Crippen molar-refractivity contribution in [2.24, 2.45) is 0 Å². The second-order valence-corrected chi connectivity index (χ2v) is 8.42. The monoisotopic (exact) mass is 401 g/mol. The maximum absolute atomic E-state index is 12.4. The summed E-state index contributed by atoms with van der Waals surface area (Å²) in [5.74, 6) is -0.353. The number of fused-ring (bicyclic) bond motifs is 1. The predicted molar refractivity (Wildman–Crippen MR) is 110 cm³/mol. The number of methoxy groups -OCH3 is 1. The Morgan fingerprint density at radius 3 is 2.70 bits per heavy atom. The summed E-state index contributed by atoms with van der Waals surface area (Å²) < 4.78 is 4.84. The molecule has 5 nitrogen and oxygen atoms in total. The third-order valence-electron chi connectivity index (χ3n) is 4.34. The summed E-state index contributed by atoms with van der Waals surface area (Å²) in [6.07, 6.45) is 0. The van der Waals surface area contributed by atoms with Crippen LogP contribution in [0.25, 0.3) is 10.9 Å². The zero-order valence-electron chi connectivity index (χ0n) is 15.6. The number of benzene rings is 1. The lowest BCUT2D eigenvalue weighted by Crippen LogP contribution is -2.17. The third kappa shape index (κ3) is 4.14. The van der Waals surface area contributed by atoms with E-state index in [0.29, 0.717) is 10.6 Å². The Morgan fingerprint density at radius 1 is 1.22 bits per heavy atom. The molecule has 2 aromatic heterocycles. The Morgan fingerprint density at radius 2 is 1.96 bits per heavy atom. The van der Waals surface area contributed by atoms with E-state index >= 15 is 0 Å². The summed E-state index contributed by atoms with van der Waals surface area (Å²) >= 11 is 2.82. The van der Waals surface area contributed by atoms with Gasteiger partial charge in [-0.2, -0.15) is 4.98 Å². The molecular weight excluding hydrogens is 380 g/mol. The molecule has 2 heterocycles. The van der Waals surface area contributed by atoms with Gasteiger partial charge in [0.05, 0.1) is 18.4 Å². The van der Waals surface area contributed by atoms with Gasteiger partial charge in [0.2, 0.25) is 16.4 Å². The van der Waals surface area contributed by atoms with Crippen LogP contribution in [-0.4, -0.2) is 24.7 Å². The highest BCUT2D eigenvalue weighted by Gasteiger charge is 2.22. The Labute approximate surface area is 166 Å². The average Bonchev–Trinajstić information content (AvgIpc) is 2.93. The van der Waals surface area contributed by atoms with E-state index in [2.05, 4.69) is 23.3 Å². The molecule has 0 saturated heterocycles. The highest BCUT2D eigenvalue weighted by molar-refractivity contribution is 7.99. The van der Waals surface area contributed by atoms with Gasteiger partial charge in [-0.1, -0.05) is 12.1 Å². The Bertz CT molecular complexity index is 1030. The molecule has 0 fully saturated rings. The van der Waals surface area contributed by atoms with Crippen LogP contribution in [0, 0.1) is 20.8 Å². The molecule has 0 spiro atoms. The number of carbonyl (C=O) groups excluding carboxylic acids is 2. The number of esters is 1. The fourth-order valence-corrected chi connectivity index (χ4v) is 4.69.